The SMILES string of the molecule is CCOCCNC(C)(C)CNc1ccc(C(=O)Nc2cc(-c3ccc(F)cc3)ccc2N)cc1. The Morgan fingerprint density at radius 2 is 1.68 bits per heavy atom. The van der Waals surface area contributed by atoms with Crippen molar-refractivity contribution in [1.29, 1.82) is 0 Å². The van der Waals surface area contributed by atoms with Crippen molar-refractivity contribution >= 4 is 23.0 Å². The van der Waals surface area contributed by atoms with Crippen LogP contribution in [0, 0.1) is 5.82 Å². The standard InChI is InChI=1S/C27H33FN4O2/c1-4-34-16-15-31-27(2,3)18-30-23-12-7-20(8-13-23)26(33)32-25-17-21(9-14-24(25)29)19-5-10-22(28)11-6-19/h5-14,17,30-31H,4,15-16,18,29H2,1-3H3,(H,32,33). The second-order valence-corrected chi connectivity index (χ2v) is 8.70. The van der Waals surface area contributed by atoms with Crippen LogP contribution in [0.1, 0.15) is 31.1 Å². The van der Waals surface area contributed by atoms with Crippen molar-refractivity contribution in [2.45, 2.75) is 26.3 Å². The molecule has 0 aliphatic carbocycles. The summed E-state index contributed by atoms with van der Waals surface area (Å²) in [7, 11) is 0. The molecule has 3 rings (SSSR count). The lowest BCUT2D eigenvalue weighted by atomic mass is 10.0. The summed E-state index contributed by atoms with van der Waals surface area (Å²) in [6.45, 7) is 9.13. The molecule has 0 spiro atoms. The van der Waals surface area contributed by atoms with Crippen LogP contribution in [0.3, 0.4) is 0 Å². The van der Waals surface area contributed by atoms with Crippen LogP contribution >= 0.6 is 0 Å². The molecule has 0 saturated carbocycles. The van der Waals surface area contributed by atoms with E-state index in [0.29, 0.717) is 30.2 Å². The molecule has 0 atom stereocenters. The molecule has 34 heavy (non-hydrogen) atoms. The highest BCUT2D eigenvalue weighted by atomic mass is 19.1. The number of amides is 1. The first-order chi connectivity index (χ1) is 16.3. The number of carbonyl (C=O) groups is 1. The molecule has 0 unspecified atom stereocenters. The van der Waals surface area contributed by atoms with Gasteiger partial charge < -0.3 is 26.4 Å². The molecule has 0 aliphatic rings. The van der Waals surface area contributed by atoms with E-state index in [9.17, 15) is 9.18 Å². The van der Waals surface area contributed by atoms with Gasteiger partial charge in [0.25, 0.3) is 5.91 Å². The normalized spacial score (nSPS) is 11.3. The van der Waals surface area contributed by atoms with Crippen LogP contribution in [0.15, 0.2) is 66.7 Å². The van der Waals surface area contributed by atoms with E-state index in [1.54, 1.807) is 36.4 Å². The van der Waals surface area contributed by atoms with Gasteiger partial charge in [-0.15, -0.1) is 0 Å². The Hall–Kier alpha value is -3.42. The van der Waals surface area contributed by atoms with Crippen molar-refractivity contribution in [3.63, 3.8) is 0 Å². The Kier molecular flexibility index (Phi) is 8.62. The largest absolute Gasteiger partial charge is 0.397 e. The highest BCUT2D eigenvalue weighted by Crippen LogP contribution is 2.28. The summed E-state index contributed by atoms with van der Waals surface area (Å²) >= 11 is 0. The molecule has 0 radical (unpaired) electrons. The highest BCUT2D eigenvalue weighted by molar-refractivity contribution is 6.06. The molecule has 0 heterocycles. The second-order valence-electron chi connectivity index (χ2n) is 8.70. The van der Waals surface area contributed by atoms with Gasteiger partial charge in [0.2, 0.25) is 0 Å². The molecule has 0 aliphatic heterocycles. The first-order valence-corrected chi connectivity index (χ1v) is 11.4. The molecule has 180 valence electrons. The van der Waals surface area contributed by atoms with Crippen LogP contribution in [-0.4, -0.2) is 37.7 Å². The first-order valence-electron chi connectivity index (χ1n) is 11.4. The van der Waals surface area contributed by atoms with Gasteiger partial charge in [-0.2, -0.15) is 0 Å². The van der Waals surface area contributed by atoms with Crippen molar-refractivity contribution in [1.82, 2.24) is 5.32 Å². The number of carbonyl (C=O) groups excluding carboxylic acids is 1. The molecule has 3 aromatic rings. The Bertz CT molecular complexity index is 1080. The number of halogens is 1. The smallest absolute Gasteiger partial charge is 0.255 e. The molecule has 5 N–H and O–H groups in total. The van der Waals surface area contributed by atoms with Gasteiger partial charge in [0.15, 0.2) is 0 Å². The zero-order chi connectivity index (χ0) is 24.6. The molecule has 3 aromatic carbocycles. The van der Waals surface area contributed by atoms with Gasteiger partial charge in [-0.25, -0.2) is 4.39 Å². The van der Waals surface area contributed by atoms with Crippen molar-refractivity contribution in [3.8, 4) is 11.1 Å². The van der Waals surface area contributed by atoms with Crippen molar-refractivity contribution in [2.24, 2.45) is 0 Å². The van der Waals surface area contributed by atoms with E-state index < -0.39 is 0 Å². The van der Waals surface area contributed by atoms with Crippen LogP contribution in [0.2, 0.25) is 0 Å². The minimum absolute atomic E-state index is 0.111. The van der Waals surface area contributed by atoms with Crippen molar-refractivity contribution < 1.29 is 13.9 Å². The Morgan fingerprint density at radius 3 is 2.35 bits per heavy atom. The maximum atomic E-state index is 13.2. The van der Waals surface area contributed by atoms with Crippen LogP contribution in [0.25, 0.3) is 11.1 Å². The van der Waals surface area contributed by atoms with Gasteiger partial charge in [0.1, 0.15) is 5.82 Å². The summed E-state index contributed by atoms with van der Waals surface area (Å²) in [4.78, 5) is 12.8. The quantitative estimate of drug-likeness (QED) is 0.233. The number of rotatable bonds is 11. The fourth-order valence-electron chi connectivity index (χ4n) is 3.41. The molecule has 0 bridgehead atoms. The van der Waals surface area contributed by atoms with Gasteiger partial charge in [-0.05, 0) is 80.4 Å². The number of ether oxygens (including phenoxy) is 1. The average Bonchev–Trinajstić information content (AvgIpc) is 2.83. The number of nitrogens with two attached hydrogens (primary N) is 1. The number of nitrogens with one attached hydrogen (secondary N) is 3. The number of hydrogen-bond acceptors (Lipinski definition) is 5. The second kappa shape index (κ2) is 11.6. The third-order valence-electron chi connectivity index (χ3n) is 5.41. The number of nitrogen functional groups attached to an aromatic ring is 1. The third-order valence-corrected chi connectivity index (χ3v) is 5.41. The molecule has 0 aromatic heterocycles. The maximum Gasteiger partial charge on any atom is 0.255 e. The molecule has 7 heteroatoms. The zero-order valence-corrected chi connectivity index (χ0v) is 20.0. The summed E-state index contributed by atoms with van der Waals surface area (Å²) in [6.07, 6.45) is 0. The van der Waals surface area contributed by atoms with Gasteiger partial charge in [0, 0.05) is 36.5 Å². The summed E-state index contributed by atoms with van der Waals surface area (Å²) in [6, 6.07) is 18.8. The molecule has 0 saturated heterocycles. The van der Waals surface area contributed by atoms with Gasteiger partial charge in [-0.1, -0.05) is 18.2 Å². The van der Waals surface area contributed by atoms with E-state index in [-0.39, 0.29) is 17.3 Å². The summed E-state index contributed by atoms with van der Waals surface area (Å²) in [5.74, 6) is -0.556. The topological polar surface area (TPSA) is 88.4 Å². The number of anilines is 3. The van der Waals surface area contributed by atoms with Crippen molar-refractivity contribution in [3.05, 3.63) is 78.1 Å². The number of benzene rings is 3. The lowest BCUT2D eigenvalue weighted by Gasteiger charge is -2.27. The van der Waals surface area contributed by atoms with E-state index >= 15 is 0 Å². The monoisotopic (exact) mass is 464 g/mol. The maximum absolute atomic E-state index is 13.2. The Labute approximate surface area is 200 Å². The summed E-state index contributed by atoms with van der Waals surface area (Å²) < 4.78 is 18.6. The summed E-state index contributed by atoms with van der Waals surface area (Å²) in [5.41, 5.74) is 10.0. The fraction of sp³-hybridized carbons (Fsp3) is 0.296. The minimum Gasteiger partial charge on any atom is -0.397 e. The highest BCUT2D eigenvalue weighted by Gasteiger charge is 2.16. The number of hydrogen-bond donors (Lipinski definition) is 4. The predicted octanol–water partition coefficient (Wildman–Crippen LogP) is 5.14. The van der Waals surface area contributed by atoms with E-state index in [1.165, 1.54) is 12.1 Å². The lowest BCUT2D eigenvalue weighted by molar-refractivity contribution is 0.102. The van der Waals surface area contributed by atoms with Crippen LogP contribution in [-0.2, 0) is 4.74 Å². The van der Waals surface area contributed by atoms with E-state index in [0.717, 1.165) is 29.9 Å². The zero-order valence-electron chi connectivity index (χ0n) is 20.0. The van der Waals surface area contributed by atoms with E-state index in [4.69, 9.17) is 10.5 Å². The van der Waals surface area contributed by atoms with Gasteiger partial charge >= 0.3 is 0 Å². The predicted molar refractivity (Wildman–Crippen MR) is 138 cm³/mol. The van der Waals surface area contributed by atoms with Crippen LogP contribution in [0.4, 0.5) is 21.5 Å². The molecular formula is C27H33FN4O2. The lowest BCUT2D eigenvalue weighted by Crippen LogP contribution is -2.46. The summed E-state index contributed by atoms with van der Waals surface area (Å²) in [5, 5.41) is 9.74. The van der Waals surface area contributed by atoms with E-state index in [2.05, 4.69) is 29.8 Å². The Balaban J connectivity index is 1.59. The fourth-order valence-corrected chi connectivity index (χ4v) is 3.41. The van der Waals surface area contributed by atoms with Crippen LogP contribution in [0.5, 0.6) is 0 Å². The van der Waals surface area contributed by atoms with Gasteiger partial charge in [-0.3, -0.25) is 4.79 Å². The molecule has 1 amide bonds. The molecule has 0 fully saturated rings. The molecule has 6 nitrogen and oxygen atoms in total. The minimum atomic E-state index is -0.299. The van der Waals surface area contributed by atoms with Crippen molar-refractivity contribution in [2.75, 3.05) is 42.7 Å². The Morgan fingerprint density at radius 1 is 1.00 bits per heavy atom. The first kappa shape index (κ1) is 25.2. The van der Waals surface area contributed by atoms with E-state index in [1.807, 2.05) is 25.1 Å². The van der Waals surface area contributed by atoms with Gasteiger partial charge in [0.05, 0.1) is 18.0 Å². The third kappa shape index (κ3) is 7.30. The van der Waals surface area contributed by atoms with Crippen LogP contribution < -0.4 is 21.7 Å². The average molecular weight is 465 g/mol. The molecular weight excluding hydrogens is 431 g/mol.